The summed E-state index contributed by atoms with van der Waals surface area (Å²) in [6.07, 6.45) is 0.914. The van der Waals surface area contributed by atoms with Gasteiger partial charge in [-0.3, -0.25) is 4.79 Å². The molecule has 2 rings (SSSR count). The zero-order valence-electron chi connectivity index (χ0n) is 11.0. The Hall–Kier alpha value is -1.35. The van der Waals surface area contributed by atoms with E-state index in [2.05, 4.69) is 46.5 Å². The second-order valence-corrected chi connectivity index (χ2v) is 5.47. The van der Waals surface area contributed by atoms with Crippen molar-refractivity contribution in [3.05, 3.63) is 50.8 Å². The number of hydrogen-bond acceptors (Lipinski definition) is 1. The van der Waals surface area contributed by atoms with Gasteiger partial charge in [0.2, 0.25) is 0 Å². The number of benzene rings is 1. The Morgan fingerprint density at radius 2 is 1.61 bits per heavy atom. The maximum Gasteiger partial charge on any atom is 0.151 e. The zero-order chi connectivity index (χ0) is 13.4. The predicted molar refractivity (Wildman–Crippen MR) is 77.8 cm³/mol. The Bertz CT molecular complexity index is 603. The lowest BCUT2D eigenvalue weighted by atomic mass is 10.1. The summed E-state index contributed by atoms with van der Waals surface area (Å²) in [4.78, 5) is 11.0. The van der Waals surface area contributed by atoms with Crippen molar-refractivity contribution in [3.63, 3.8) is 0 Å². The van der Waals surface area contributed by atoms with E-state index in [9.17, 15) is 4.79 Å². The van der Waals surface area contributed by atoms with Gasteiger partial charge in [-0.15, -0.1) is 0 Å². The molecule has 2 nitrogen and oxygen atoms in total. The maximum atomic E-state index is 11.0. The predicted octanol–water partition coefficient (Wildman–Crippen LogP) is 4.29. The number of hydrogen-bond donors (Lipinski definition) is 0. The molecule has 0 aliphatic heterocycles. The summed E-state index contributed by atoms with van der Waals surface area (Å²) in [6, 6.07) is 6.19. The Kier molecular flexibility index (Phi) is 3.44. The highest BCUT2D eigenvalue weighted by molar-refractivity contribution is 9.10. The average molecular weight is 306 g/mol. The molecule has 1 aromatic carbocycles. The molecule has 0 spiro atoms. The minimum Gasteiger partial charge on any atom is -0.318 e. The van der Waals surface area contributed by atoms with E-state index in [-0.39, 0.29) is 0 Å². The third kappa shape index (κ3) is 2.03. The lowest BCUT2D eigenvalue weighted by Gasteiger charge is -2.13. The molecule has 0 amide bonds. The van der Waals surface area contributed by atoms with Crippen LogP contribution in [0.5, 0.6) is 0 Å². The number of aromatic nitrogens is 1. The lowest BCUT2D eigenvalue weighted by molar-refractivity contribution is 0.112. The molecule has 0 N–H and O–H groups in total. The molecule has 0 saturated heterocycles. The first kappa shape index (κ1) is 13.1. The molecule has 0 radical (unpaired) electrons. The fourth-order valence-corrected chi connectivity index (χ4v) is 2.59. The molecule has 0 bridgehead atoms. The van der Waals surface area contributed by atoms with Crippen molar-refractivity contribution in [2.24, 2.45) is 0 Å². The van der Waals surface area contributed by atoms with Gasteiger partial charge in [0.05, 0.1) is 0 Å². The van der Waals surface area contributed by atoms with Crippen LogP contribution in [0.15, 0.2) is 22.7 Å². The second-order valence-electron chi connectivity index (χ2n) is 4.67. The number of carbonyl (C=O) groups excluding carboxylic acids is 1. The minimum atomic E-state index is 0.755. The summed E-state index contributed by atoms with van der Waals surface area (Å²) in [5.41, 5.74) is 6.33. The van der Waals surface area contributed by atoms with Gasteiger partial charge in [-0.1, -0.05) is 15.9 Å². The van der Waals surface area contributed by atoms with Gasteiger partial charge in [0.15, 0.2) is 6.29 Å². The first-order valence-corrected chi connectivity index (χ1v) is 6.66. The smallest absolute Gasteiger partial charge is 0.151 e. The van der Waals surface area contributed by atoms with Gasteiger partial charge < -0.3 is 4.57 Å². The molecule has 3 heteroatoms. The highest BCUT2D eigenvalue weighted by atomic mass is 79.9. The molecule has 0 atom stereocenters. The number of carbonyl (C=O) groups is 1. The Morgan fingerprint density at radius 1 is 1.06 bits per heavy atom. The highest BCUT2D eigenvalue weighted by Gasteiger charge is 2.11. The van der Waals surface area contributed by atoms with Crippen molar-refractivity contribution in [2.75, 3.05) is 0 Å². The molecule has 0 saturated carbocycles. The number of halogens is 1. The zero-order valence-corrected chi connectivity index (χ0v) is 12.6. The summed E-state index contributed by atoms with van der Waals surface area (Å²) in [6.45, 7) is 8.15. The number of rotatable bonds is 2. The Labute approximate surface area is 116 Å². The van der Waals surface area contributed by atoms with Gasteiger partial charge in [0.25, 0.3) is 0 Å². The Morgan fingerprint density at radius 3 is 2.06 bits per heavy atom. The standard InChI is InChI=1S/C15H16BrNO/c1-9-5-14(6-10(2)15(9)16)17-11(3)7-13(8-18)12(17)4/h5-8H,1-4H3. The fourth-order valence-electron chi connectivity index (χ4n) is 2.36. The third-order valence-corrected chi connectivity index (χ3v) is 4.53. The molecule has 1 heterocycles. The normalized spacial score (nSPS) is 10.7. The highest BCUT2D eigenvalue weighted by Crippen LogP contribution is 2.27. The first-order valence-electron chi connectivity index (χ1n) is 5.87. The third-order valence-electron chi connectivity index (χ3n) is 3.28. The van der Waals surface area contributed by atoms with Gasteiger partial charge in [0.1, 0.15) is 0 Å². The van der Waals surface area contributed by atoms with Crippen molar-refractivity contribution in [2.45, 2.75) is 27.7 Å². The van der Waals surface area contributed by atoms with Crippen molar-refractivity contribution in [1.82, 2.24) is 4.57 Å². The van der Waals surface area contributed by atoms with Crippen LogP contribution >= 0.6 is 15.9 Å². The van der Waals surface area contributed by atoms with Crippen molar-refractivity contribution >= 4 is 22.2 Å². The molecule has 18 heavy (non-hydrogen) atoms. The van der Waals surface area contributed by atoms with E-state index in [1.54, 1.807) is 0 Å². The summed E-state index contributed by atoms with van der Waals surface area (Å²) < 4.78 is 3.26. The number of nitrogens with zero attached hydrogens (tertiary/aromatic N) is 1. The molecular formula is C15H16BrNO. The molecule has 0 unspecified atom stereocenters. The van der Waals surface area contributed by atoms with E-state index in [0.29, 0.717) is 0 Å². The quantitative estimate of drug-likeness (QED) is 0.759. The van der Waals surface area contributed by atoms with Gasteiger partial charge in [-0.2, -0.15) is 0 Å². The van der Waals surface area contributed by atoms with Crippen LogP contribution in [0.4, 0.5) is 0 Å². The van der Waals surface area contributed by atoms with E-state index in [1.807, 2.05) is 19.9 Å². The summed E-state index contributed by atoms with van der Waals surface area (Å²) in [5.74, 6) is 0. The minimum absolute atomic E-state index is 0.755. The Balaban J connectivity index is 2.69. The van der Waals surface area contributed by atoms with Gasteiger partial charge in [-0.05, 0) is 57.0 Å². The van der Waals surface area contributed by atoms with Crippen LogP contribution < -0.4 is 0 Å². The summed E-state index contributed by atoms with van der Waals surface area (Å²) >= 11 is 3.58. The largest absolute Gasteiger partial charge is 0.318 e. The van der Waals surface area contributed by atoms with E-state index in [1.165, 1.54) is 11.1 Å². The number of aryl methyl sites for hydroxylation is 3. The molecule has 2 aromatic rings. The van der Waals surface area contributed by atoms with Crippen LogP contribution in [0.1, 0.15) is 32.9 Å². The van der Waals surface area contributed by atoms with Crippen molar-refractivity contribution < 1.29 is 4.79 Å². The molecule has 94 valence electrons. The molecule has 0 aliphatic carbocycles. The van der Waals surface area contributed by atoms with Crippen LogP contribution in [-0.2, 0) is 0 Å². The van der Waals surface area contributed by atoms with E-state index in [4.69, 9.17) is 0 Å². The van der Waals surface area contributed by atoms with Crippen LogP contribution in [0, 0.1) is 27.7 Å². The van der Waals surface area contributed by atoms with Gasteiger partial charge in [-0.25, -0.2) is 0 Å². The van der Waals surface area contributed by atoms with E-state index >= 15 is 0 Å². The van der Waals surface area contributed by atoms with E-state index < -0.39 is 0 Å². The van der Waals surface area contributed by atoms with Crippen LogP contribution in [0.2, 0.25) is 0 Å². The summed E-state index contributed by atoms with van der Waals surface area (Å²) in [7, 11) is 0. The molecule has 0 fully saturated rings. The number of aldehydes is 1. The maximum absolute atomic E-state index is 11.0. The SMILES string of the molecule is Cc1cc(-n2c(C)cc(C=O)c2C)cc(C)c1Br. The first-order chi connectivity index (χ1) is 8.45. The van der Waals surface area contributed by atoms with E-state index in [0.717, 1.165) is 33.4 Å². The fraction of sp³-hybridized carbons (Fsp3) is 0.267. The topological polar surface area (TPSA) is 22.0 Å². The molecule has 0 aliphatic rings. The second kappa shape index (κ2) is 4.73. The summed E-state index contributed by atoms with van der Waals surface area (Å²) in [5, 5.41) is 0. The van der Waals surface area contributed by atoms with Crippen LogP contribution in [0.3, 0.4) is 0 Å². The molecular weight excluding hydrogens is 290 g/mol. The van der Waals surface area contributed by atoms with Crippen LogP contribution in [0.25, 0.3) is 5.69 Å². The van der Waals surface area contributed by atoms with Crippen LogP contribution in [-0.4, -0.2) is 10.9 Å². The van der Waals surface area contributed by atoms with Gasteiger partial charge >= 0.3 is 0 Å². The monoisotopic (exact) mass is 305 g/mol. The lowest BCUT2D eigenvalue weighted by Crippen LogP contribution is -2.01. The average Bonchev–Trinajstić information content (AvgIpc) is 2.60. The molecule has 1 aromatic heterocycles. The van der Waals surface area contributed by atoms with Gasteiger partial charge in [0, 0.05) is 27.1 Å². The van der Waals surface area contributed by atoms with Crippen molar-refractivity contribution in [1.29, 1.82) is 0 Å². The van der Waals surface area contributed by atoms with Crippen molar-refractivity contribution in [3.8, 4) is 5.69 Å².